The predicted molar refractivity (Wildman–Crippen MR) is 76.1 cm³/mol. The van der Waals surface area contributed by atoms with Crippen LogP contribution in [0.15, 0.2) is 29.1 Å². The van der Waals surface area contributed by atoms with Crippen molar-refractivity contribution in [2.24, 2.45) is 7.05 Å². The molecular weight excluding hydrogens is 260 g/mol. The third-order valence-electron chi connectivity index (χ3n) is 3.22. The zero-order valence-electron chi connectivity index (χ0n) is 11.4. The Hall–Kier alpha value is -2.57. The first-order chi connectivity index (χ1) is 9.49. The van der Waals surface area contributed by atoms with Gasteiger partial charge < -0.3 is 5.73 Å². The van der Waals surface area contributed by atoms with Crippen molar-refractivity contribution in [1.82, 2.24) is 9.36 Å². The Balaban J connectivity index is 2.75. The number of rotatable bonds is 4. The van der Waals surface area contributed by atoms with Crippen LogP contribution in [0.3, 0.4) is 0 Å². The van der Waals surface area contributed by atoms with Gasteiger partial charge in [0.05, 0.1) is 10.6 Å². The van der Waals surface area contributed by atoms with Crippen molar-refractivity contribution >= 4 is 11.4 Å². The molecule has 0 saturated carbocycles. The molecular formula is C13H16N4O3. The summed E-state index contributed by atoms with van der Waals surface area (Å²) in [5.74, 6) is 0. The topological polar surface area (TPSA) is 96.1 Å². The normalized spacial score (nSPS) is 10.7. The van der Waals surface area contributed by atoms with Crippen LogP contribution in [0.1, 0.15) is 19.0 Å². The molecule has 0 aliphatic heterocycles. The lowest BCUT2D eigenvalue weighted by molar-refractivity contribution is -0.384. The SMILES string of the molecule is CCCc1c(N)c(=O)n(-c2ccccc2[N+](=O)[O-])n1C. The minimum Gasteiger partial charge on any atom is -0.393 e. The lowest BCUT2D eigenvalue weighted by Gasteiger charge is -2.09. The summed E-state index contributed by atoms with van der Waals surface area (Å²) in [7, 11) is 1.68. The molecule has 0 amide bonds. The van der Waals surface area contributed by atoms with E-state index in [9.17, 15) is 14.9 Å². The number of aromatic nitrogens is 2. The van der Waals surface area contributed by atoms with E-state index in [1.54, 1.807) is 23.9 Å². The molecule has 2 aromatic rings. The van der Waals surface area contributed by atoms with Gasteiger partial charge in [-0.25, -0.2) is 4.68 Å². The Morgan fingerprint density at radius 1 is 1.35 bits per heavy atom. The highest BCUT2D eigenvalue weighted by molar-refractivity contribution is 5.54. The molecule has 0 radical (unpaired) electrons. The molecule has 0 aliphatic rings. The molecule has 7 nitrogen and oxygen atoms in total. The number of anilines is 1. The van der Waals surface area contributed by atoms with Crippen LogP contribution in [0.25, 0.3) is 5.69 Å². The molecule has 1 aromatic heterocycles. The van der Waals surface area contributed by atoms with Gasteiger partial charge in [-0.15, -0.1) is 0 Å². The Bertz CT molecular complexity index is 715. The third kappa shape index (κ3) is 2.07. The zero-order valence-corrected chi connectivity index (χ0v) is 11.4. The number of para-hydroxylation sites is 2. The third-order valence-corrected chi connectivity index (χ3v) is 3.22. The van der Waals surface area contributed by atoms with Gasteiger partial charge in [-0.3, -0.25) is 19.6 Å². The van der Waals surface area contributed by atoms with E-state index < -0.39 is 10.5 Å². The Morgan fingerprint density at radius 3 is 2.60 bits per heavy atom. The maximum absolute atomic E-state index is 12.3. The van der Waals surface area contributed by atoms with Crippen molar-refractivity contribution in [3.05, 3.63) is 50.4 Å². The van der Waals surface area contributed by atoms with Gasteiger partial charge in [-0.1, -0.05) is 25.5 Å². The maximum Gasteiger partial charge on any atom is 0.295 e. The highest BCUT2D eigenvalue weighted by Crippen LogP contribution is 2.22. The molecule has 0 fully saturated rings. The van der Waals surface area contributed by atoms with E-state index in [2.05, 4.69) is 0 Å². The quantitative estimate of drug-likeness (QED) is 0.677. The zero-order chi connectivity index (χ0) is 14.9. The van der Waals surface area contributed by atoms with E-state index in [0.717, 1.165) is 6.42 Å². The minimum atomic E-state index is -0.509. The van der Waals surface area contributed by atoms with Gasteiger partial charge in [0.1, 0.15) is 11.4 Å². The van der Waals surface area contributed by atoms with Crippen LogP contribution in [0.5, 0.6) is 0 Å². The summed E-state index contributed by atoms with van der Waals surface area (Å²) in [6.07, 6.45) is 1.48. The number of nitro benzene ring substituents is 1. The summed E-state index contributed by atoms with van der Waals surface area (Å²) in [6, 6.07) is 6.11. The number of nitrogens with zero attached hydrogens (tertiary/aromatic N) is 3. The van der Waals surface area contributed by atoms with Crippen LogP contribution in [0.2, 0.25) is 0 Å². The number of nitrogens with two attached hydrogens (primary N) is 1. The van der Waals surface area contributed by atoms with Crippen molar-refractivity contribution in [2.45, 2.75) is 19.8 Å². The lowest BCUT2D eigenvalue weighted by atomic mass is 10.2. The highest BCUT2D eigenvalue weighted by Gasteiger charge is 2.21. The van der Waals surface area contributed by atoms with E-state index in [-0.39, 0.29) is 17.1 Å². The van der Waals surface area contributed by atoms with Gasteiger partial charge in [0.15, 0.2) is 0 Å². The van der Waals surface area contributed by atoms with Crippen LogP contribution in [-0.2, 0) is 13.5 Å². The van der Waals surface area contributed by atoms with Gasteiger partial charge in [-0.2, -0.15) is 0 Å². The smallest absolute Gasteiger partial charge is 0.295 e. The summed E-state index contributed by atoms with van der Waals surface area (Å²) in [5.41, 5.74) is 6.34. The second-order valence-corrected chi connectivity index (χ2v) is 4.50. The largest absolute Gasteiger partial charge is 0.393 e. The van der Waals surface area contributed by atoms with Crippen LogP contribution < -0.4 is 11.3 Å². The van der Waals surface area contributed by atoms with Crippen molar-refractivity contribution in [3.8, 4) is 5.69 Å². The predicted octanol–water partition coefficient (Wildman–Crippen LogP) is 1.62. The fraction of sp³-hybridized carbons (Fsp3) is 0.308. The van der Waals surface area contributed by atoms with Gasteiger partial charge >= 0.3 is 0 Å². The molecule has 0 saturated heterocycles. The first-order valence-corrected chi connectivity index (χ1v) is 6.29. The van der Waals surface area contributed by atoms with E-state index >= 15 is 0 Å². The van der Waals surface area contributed by atoms with E-state index in [1.807, 2.05) is 6.92 Å². The molecule has 20 heavy (non-hydrogen) atoms. The number of hydrogen-bond donors (Lipinski definition) is 1. The van der Waals surface area contributed by atoms with E-state index in [4.69, 9.17) is 5.73 Å². The number of benzene rings is 1. The fourth-order valence-corrected chi connectivity index (χ4v) is 2.27. The number of hydrogen-bond acceptors (Lipinski definition) is 4. The average molecular weight is 276 g/mol. The van der Waals surface area contributed by atoms with E-state index in [1.165, 1.54) is 16.8 Å². The van der Waals surface area contributed by atoms with Crippen molar-refractivity contribution in [2.75, 3.05) is 5.73 Å². The fourth-order valence-electron chi connectivity index (χ4n) is 2.27. The summed E-state index contributed by atoms with van der Waals surface area (Å²) >= 11 is 0. The molecule has 2 N–H and O–H groups in total. The highest BCUT2D eigenvalue weighted by atomic mass is 16.6. The molecule has 0 bridgehead atoms. The average Bonchev–Trinajstić information content (AvgIpc) is 2.63. The van der Waals surface area contributed by atoms with Gasteiger partial charge in [-0.05, 0) is 12.5 Å². The van der Waals surface area contributed by atoms with Crippen LogP contribution in [-0.4, -0.2) is 14.3 Å². The van der Waals surface area contributed by atoms with Gasteiger partial charge in [0.2, 0.25) is 0 Å². The summed E-state index contributed by atoms with van der Waals surface area (Å²) in [6.45, 7) is 1.98. The summed E-state index contributed by atoms with van der Waals surface area (Å²) in [5, 5.41) is 11.1. The van der Waals surface area contributed by atoms with Crippen LogP contribution in [0, 0.1) is 10.1 Å². The second kappa shape index (κ2) is 5.20. The second-order valence-electron chi connectivity index (χ2n) is 4.50. The lowest BCUT2D eigenvalue weighted by Crippen LogP contribution is -2.21. The Morgan fingerprint density at radius 2 is 2.00 bits per heavy atom. The van der Waals surface area contributed by atoms with Gasteiger partial charge in [0.25, 0.3) is 11.2 Å². The van der Waals surface area contributed by atoms with Crippen molar-refractivity contribution in [1.29, 1.82) is 0 Å². The molecule has 0 spiro atoms. The maximum atomic E-state index is 12.3. The molecule has 1 aromatic carbocycles. The molecule has 2 rings (SSSR count). The van der Waals surface area contributed by atoms with E-state index in [0.29, 0.717) is 12.1 Å². The Kier molecular flexibility index (Phi) is 3.60. The van der Waals surface area contributed by atoms with Crippen molar-refractivity contribution in [3.63, 3.8) is 0 Å². The molecule has 7 heteroatoms. The molecule has 0 unspecified atom stereocenters. The molecule has 0 aliphatic carbocycles. The molecule has 0 atom stereocenters. The van der Waals surface area contributed by atoms with Crippen molar-refractivity contribution < 1.29 is 4.92 Å². The van der Waals surface area contributed by atoms with Crippen LogP contribution in [0.4, 0.5) is 11.4 Å². The Labute approximate surface area is 115 Å². The molecule has 106 valence electrons. The van der Waals surface area contributed by atoms with Gasteiger partial charge in [0, 0.05) is 13.1 Å². The first-order valence-electron chi connectivity index (χ1n) is 6.29. The number of nitrogen functional groups attached to an aromatic ring is 1. The standard InChI is InChI=1S/C13H16N4O3/c1-3-6-11-12(14)13(18)16(15(11)2)9-7-4-5-8-10(9)17(19)20/h4-5,7-8H,3,6,14H2,1-2H3. The number of nitro groups is 1. The summed E-state index contributed by atoms with van der Waals surface area (Å²) < 4.78 is 2.84. The van der Waals surface area contributed by atoms with Crippen LogP contribution >= 0.6 is 0 Å². The molecule has 1 heterocycles. The first kappa shape index (κ1) is 13.9. The monoisotopic (exact) mass is 276 g/mol. The summed E-state index contributed by atoms with van der Waals surface area (Å²) in [4.78, 5) is 22.8. The minimum absolute atomic E-state index is 0.127.